The molecule has 0 spiro atoms. The molecule has 0 aromatic heterocycles. The highest BCUT2D eigenvalue weighted by molar-refractivity contribution is 5.54. The number of aryl methyl sites for hydroxylation is 1. The van der Waals surface area contributed by atoms with Gasteiger partial charge < -0.3 is 10.0 Å². The summed E-state index contributed by atoms with van der Waals surface area (Å²) in [6.07, 6.45) is 3.94. The molecule has 0 radical (unpaired) electrons. The van der Waals surface area contributed by atoms with Gasteiger partial charge in [0.15, 0.2) is 0 Å². The third-order valence-electron chi connectivity index (χ3n) is 3.80. The van der Waals surface area contributed by atoms with Crippen LogP contribution in [0, 0.1) is 12.8 Å². The SMILES string of the molecule is Cc1cc(CO)ccc1N1CCCC(C)CC1. The van der Waals surface area contributed by atoms with Crippen molar-refractivity contribution < 1.29 is 5.11 Å². The van der Waals surface area contributed by atoms with Gasteiger partial charge in [0.1, 0.15) is 0 Å². The molecule has 94 valence electrons. The molecule has 1 aromatic rings. The van der Waals surface area contributed by atoms with Gasteiger partial charge >= 0.3 is 0 Å². The Labute approximate surface area is 104 Å². The van der Waals surface area contributed by atoms with Crippen molar-refractivity contribution in [1.29, 1.82) is 0 Å². The number of hydrogen-bond acceptors (Lipinski definition) is 2. The van der Waals surface area contributed by atoms with Crippen LogP contribution in [0.2, 0.25) is 0 Å². The highest BCUT2D eigenvalue weighted by atomic mass is 16.3. The Morgan fingerprint density at radius 1 is 1.29 bits per heavy atom. The number of aliphatic hydroxyl groups excluding tert-OH is 1. The van der Waals surface area contributed by atoms with E-state index in [1.54, 1.807) is 0 Å². The summed E-state index contributed by atoms with van der Waals surface area (Å²) in [6.45, 7) is 6.97. The molecular formula is C15H23NO. The first-order valence-corrected chi connectivity index (χ1v) is 6.66. The molecule has 1 atom stereocenters. The fraction of sp³-hybridized carbons (Fsp3) is 0.600. The molecule has 1 fully saturated rings. The molecule has 1 N–H and O–H groups in total. The first-order valence-electron chi connectivity index (χ1n) is 6.66. The molecule has 2 heteroatoms. The van der Waals surface area contributed by atoms with E-state index < -0.39 is 0 Å². The molecule has 1 aliphatic rings. The molecule has 1 aliphatic heterocycles. The fourth-order valence-electron chi connectivity index (χ4n) is 2.67. The highest BCUT2D eigenvalue weighted by Crippen LogP contribution is 2.26. The second-order valence-corrected chi connectivity index (χ2v) is 5.30. The van der Waals surface area contributed by atoms with Crippen molar-refractivity contribution in [2.24, 2.45) is 5.92 Å². The second kappa shape index (κ2) is 5.54. The highest BCUT2D eigenvalue weighted by Gasteiger charge is 2.15. The van der Waals surface area contributed by atoms with Crippen LogP contribution in [0.3, 0.4) is 0 Å². The van der Waals surface area contributed by atoms with Crippen molar-refractivity contribution in [3.8, 4) is 0 Å². The van der Waals surface area contributed by atoms with E-state index in [0.717, 1.165) is 11.5 Å². The Balaban J connectivity index is 2.15. The van der Waals surface area contributed by atoms with E-state index >= 15 is 0 Å². The quantitative estimate of drug-likeness (QED) is 0.848. The fourth-order valence-corrected chi connectivity index (χ4v) is 2.67. The number of hydrogen-bond donors (Lipinski definition) is 1. The van der Waals surface area contributed by atoms with E-state index in [0.29, 0.717) is 0 Å². The van der Waals surface area contributed by atoms with E-state index in [1.165, 1.54) is 43.6 Å². The zero-order valence-electron chi connectivity index (χ0n) is 10.9. The number of benzene rings is 1. The number of aliphatic hydroxyl groups is 1. The van der Waals surface area contributed by atoms with Gasteiger partial charge in [0.2, 0.25) is 0 Å². The molecule has 2 rings (SSSR count). The largest absolute Gasteiger partial charge is 0.392 e. The van der Waals surface area contributed by atoms with Crippen molar-refractivity contribution >= 4 is 5.69 Å². The summed E-state index contributed by atoms with van der Waals surface area (Å²) >= 11 is 0. The smallest absolute Gasteiger partial charge is 0.0681 e. The summed E-state index contributed by atoms with van der Waals surface area (Å²) in [5.41, 5.74) is 3.64. The predicted octanol–water partition coefficient (Wildman–Crippen LogP) is 3.11. The Bertz CT molecular complexity index is 375. The molecule has 1 unspecified atom stereocenters. The molecule has 1 aromatic carbocycles. The summed E-state index contributed by atoms with van der Waals surface area (Å²) in [7, 11) is 0. The standard InChI is InChI=1S/C15H23NO/c1-12-4-3-8-16(9-7-12)15-6-5-14(11-17)10-13(15)2/h5-6,10,12,17H,3-4,7-9,11H2,1-2H3. The summed E-state index contributed by atoms with van der Waals surface area (Å²) in [5.74, 6) is 0.858. The van der Waals surface area contributed by atoms with E-state index in [4.69, 9.17) is 5.11 Å². The topological polar surface area (TPSA) is 23.5 Å². The minimum absolute atomic E-state index is 0.137. The van der Waals surface area contributed by atoms with Crippen molar-refractivity contribution in [3.63, 3.8) is 0 Å². The Kier molecular flexibility index (Phi) is 4.06. The minimum atomic E-state index is 0.137. The van der Waals surface area contributed by atoms with Crippen LogP contribution in [0.25, 0.3) is 0 Å². The van der Waals surface area contributed by atoms with Crippen LogP contribution < -0.4 is 4.90 Å². The number of anilines is 1. The molecule has 1 saturated heterocycles. The van der Waals surface area contributed by atoms with Gasteiger partial charge in [0.05, 0.1) is 6.61 Å². The average Bonchev–Trinajstić information content (AvgIpc) is 2.54. The lowest BCUT2D eigenvalue weighted by atomic mass is 10.0. The second-order valence-electron chi connectivity index (χ2n) is 5.30. The van der Waals surface area contributed by atoms with E-state index in [1.807, 2.05) is 6.07 Å². The Morgan fingerprint density at radius 2 is 2.12 bits per heavy atom. The molecule has 0 amide bonds. The first kappa shape index (κ1) is 12.4. The molecule has 1 heterocycles. The normalized spacial score (nSPS) is 21.4. The van der Waals surface area contributed by atoms with Crippen LogP contribution in [-0.2, 0) is 6.61 Å². The molecular weight excluding hydrogens is 210 g/mol. The van der Waals surface area contributed by atoms with Gasteiger partial charge in [-0.1, -0.05) is 19.1 Å². The molecule has 2 nitrogen and oxygen atoms in total. The lowest BCUT2D eigenvalue weighted by molar-refractivity contribution is 0.282. The average molecular weight is 233 g/mol. The van der Waals surface area contributed by atoms with Crippen LogP contribution in [0.5, 0.6) is 0 Å². The maximum Gasteiger partial charge on any atom is 0.0681 e. The maximum atomic E-state index is 9.13. The lowest BCUT2D eigenvalue weighted by Crippen LogP contribution is -2.24. The zero-order valence-corrected chi connectivity index (χ0v) is 10.9. The van der Waals surface area contributed by atoms with Crippen LogP contribution in [0.1, 0.15) is 37.3 Å². The minimum Gasteiger partial charge on any atom is -0.392 e. The predicted molar refractivity (Wildman–Crippen MR) is 72.3 cm³/mol. The van der Waals surface area contributed by atoms with Gasteiger partial charge in [-0.25, -0.2) is 0 Å². The van der Waals surface area contributed by atoms with Crippen LogP contribution in [0.4, 0.5) is 5.69 Å². The Hall–Kier alpha value is -1.02. The zero-order chi connectivity index (χ0) is 12.3. The van der Waals surface area contributed by atoms with E-state index in [2.05, 4.69) is 30.9 Å². The van der Waals surface area contributed by atoms with Gasteiger partial charge in [-0.2, -0.15) is 0 Å². The molecule has 17 heavy (non-hydrogen) atoms. The van der Waals surface area contributed by atoms with Crippen molar-refractivity contribution in [3.05, 3.63) is 29.3 Å². The number of nitrogens with zero attached hydrogens (tertiary/aromatic N) is 1. The Morgan fingerprint density at radius 3 is 2.82 bits per heavy atom. The van der Waals surface area contributed by atoms with Crippen molar-refractivity contribution in [2.75, 3.05) is 18.0 Å². The summed E-state index contributed by atoms with van der Waals surface area (Å²) < 4.78 is 0. The van der Waals surface area contributed by atoms with Gasteiger partial charge in [0, 0.05) is 18.8 Å². The van der Waals surface area contributed by atoms with Crippen LogP contribution >= 0.6 is 0 Å². The van der Waals surface area contributed by atoms with Crippen molar-refractivity contribution in [1.82, 2.24) is 0 Å². The van der Waals surface area contributed by atoms with Crippen LogP contribution in [0.15, 0.2) is 18.2 Å². The monoisotopic (exact) mass is 233 g/mol. The van der Waals surface area contributed by atoms with E-state index in [9.17, 15) is 0 Å². The van der Waals surface area contributed by atoms with Crippen molar-refractivity contribution in [2.45, 2.75) is 39.7 Å². The maximum absolute atomic E-state index is 9.13. The van der Waals surface area contributed by atoms with Gasteiger partial charge in [-0.15, -0.1) is 0 Å². The first-order chi connectivity index (χ1) is 8.20. The molecule has 0 bridgehead atoms. The van der Waals surface area contributed by atoms with E-state index in [-0.39, 0.29) is 6.61 Å². The third kappa shape index (κ3) is 3.01. The molecule has 0 aliphatic carbocycles. The summed E-state index contributed by atoms with van der Waals surface area (Å²) in [5, 5.41) is 9.13. The molecule has 0 saturated carbocycles. The van der Waals surface area contributed by atoms with Gasteiger partial charge in [-0.3, -0.25) is 0 Å². The van der Waals surface area contributed by atoms with Crippen LogP contribution in [-0.4, -0.2) is 18.2 Å². The summed E-state index contributed by atoms with van der Waals surface area (Å²) in [6, 6.07) is 6.30. The lowest BCUT2D eigenvalue weighted by Gasteiger charge is -2.25. The summed E-state index contributed by atoms with van der Waals surface area (Å²) in [4.78, 5) is 2.50. The van der Waals surface area contributed by atoms with Gasteiger partial charge in [-0.05, 0) is 49.3 Å². The third-order valence-corrected chi connectivity index (χ3v) is 3.80. The number of rotatable bonds is 2. The van der Waals surface area contributed by atoms with Gasteiger partial charge in [0.25, 0.3) is 0 Å².